The molecule has 180 valence electrons. The number of anilines is 1. The lowest BCUT2D eigenvalue weighted by atomic mass is 9.85. The van der Waals surface area contributed by atoms with Crippen LogP contribution in [-0.2, 0) is 35.0 Å². The second-order valence-corrected chi connectivity index (χ2v) is 9.44. The van der Waals surface area contributed by atoms with E-state index in [0.29, 0.717) is 18.8 Å². The van der Waals surface area contributed by atoms with Gasteiger partial charge < -0.3 is 14.8 Å². The van der Waals surface area contributed by atoms with Gasteiger partial charge in [0.2, 0.25) is 5.91 Å². The number of aryl methyl sites for hydroxylation is 2. The van der Waals surface area contributed by atoms with Crippen LogP contribution in [0.1, 0.15) is 24.8 Å². The molecule has 34 heavy (non-hydrogen) atoms. The van der Waals surface area contributed by atoms with Gasteiger partial charge in [0.1, 0.15) is 0 Å². The number of amides is 1. The van der Waals surface area contributed by atoms with Crippen LogP contribution >= 0.6 is 0 Å². The Labute approximate surface area is 199 Å². The maximum absolute atomic E-state index is 12.9. The molecule has 8 heteroatoms. The van der Waals surface area contributed by atoms with Crippen molar-refractivity contribution >= 4 is 22.6 Å². The van der Waals surface area contributed by atoms with Gasteiger partial charge in [0.05, 0.1) is 35.9 Å². The number of aromatic nitrogens is 2. The first-order valence-electron chi connectivity index (χ1n) is 11.9. The molecule has 1 aromatic heterocycles. The second-order valence-electron chi connectivity index (χ2n) is 9.44. The summed E-state index contributed by atoms with van der Waals surface area (Å²) in [5.41, 5.74) is 3.11. The Balaban J connectivity index is 1.24. The maximum atomic E-state index is 12.9. The van der Waals surface area contributed by atoms with Crippen LogP contribution in [0, 0.1) is 0 Å². The number of fused-ring (bicyclic) bond motifs is 1. The maximum Gasteiger partial charge on any atom is 0.328 e. The summed E-state index contributed by atoms with van der Waals surface area (Å²) < 4.78 is 15.8. The van der Waals surface area contributed by atoms with Crippen molar-refractivity contribution < 1.29 is 14.3 Å². The van der Waals surface area contributed by atoms with Crippen molar-refractivity contribution in [3.63, 3.8) is 0 Å². The first-order valence-corrected chi connectivity index (χ1v) is 11.9. The molecule has 1 amide bonds. The lowest BCUT2D eigenvalue weighted by molar-refractivity contribution is -0.159. The molecule has 0 bridgehead atoms. The zero-order chi connectivity index (χ0) is 23.7. The Morgan fingerprint density at radius 1 is 1.12 bits per heavy atom. The fourth-order valence-electron chi connectivity index (χ4n) is 5.28. The van der Waals surface area contributed by atoms with Crippen LogP contribution < -0.4 is 11.0 Å². The third kappa shape index (κ3) is 4.41. The van der Waals surface area contributed by atoms with E-state index in [-0.39, 0.29) is 29.8 Å². The molecule has 1 N–H and O–H groups in total. The Morgan fingerprint density at radius 3 is 2.68 bits per heavy atom. The highest BCUT2D eigenvalue weighted by Crippen LogP contribution is 2.38. The average molecular weight is 465 g/mol. The molecule has 8 nitrogen and oxygen atoms in total. The standard InChI is InChI=1S/C26H32N4O4/c1-28-21-10-9-20(15-22(21)29(2)25(28)32)27-24(31)17-30-13-12-26(11-6-14-34-26)23(16-30)33-18-19-7-4-3-5-8-19/h3-5,7-10,15,23H,6,11-14,16-18H2,1-2H3,(H,27,31)/t23-,26+/m1/s1. The van der Waals surface area contributed by atoms with Crippen molar-refractivity contribution in [1.29, 1.82) is 0 Å². The number of likely N-dealkylation sites (tertiary alicyclic amines) is 1. The quantitative estimate of drug-likeness (QED) is 0.607. The molecule has 5 rings (SSSR count). The minimum absolute atomic E-state index is 0.0769. The Bertz CT molecular complexity index is 1230. The van der Waals surface area contributed by atoms with E-state index in [9.17, 15) is 9.59 Å². The number of carbonyl (C=O) groups excluding carboxylic acids is 1. The molecule has 0 unspecified atom stereocenters. The molecule has 0 radical (unpaired) electrons. The molecule has 3 heterocycles. The SMILES string of the molecule is Cn1c(=O)n(C)c2cc(NC(=O)CN3CC[C@@]4(CCCO4)[C@H](OCc4ccccc4)C3)ccc21. The second kappa shape index (κ2) is 9.37. The molecular weight excluding hydrogens is 432 g/mol. The largest absolute Gasteiger partial charge is 0.372 e. The summed E-state index contributed by atoms with van der Waals surface area (Å²) in [6.07, 6.45) is 2.84. The van der Waals surface area contributed by atoms with Crippen LogP contribution in [0.25, 0.3) is 11.0 Å². The minimum atomic E-state index is -0.245. The van der Waals surface area contributed by atoms with Gasteiger partial charge in [-0.25, -0.2) is 4.79 Å². The number of ether oxygens (including phenoxy) is 2. The molecule has 1 spiro atoms. The summed E-state index contributed by atoms with van der Waals surface area (Å²) in [5, 5.41) is 2.99. The van der Waals surface area contributed by atoms with E-state index in [1.54, 1.807) is 23.2 Å². The number of nitrogens with one attached hydrogen (secondary N) is 1. The molecule has 0 saturated carbocycles. The van der Waals surface area contributed by atoms with E-state index in [0.717, 1.165) is 49.0 Å². The summed E-state index contributed by atoms with van der Waals surface area (Å²) in [5.74, 6) is -0.0784. The van der Waals surface area contributed by atoms with E-state index in [1.165, 1.54) is 0 Å². The van der Waals surface area contributed by atoms with Gasteiger partial charge in [-0.1, -0.05) is 30.3 Å². The van der Waals surface area contributed by atoms with E-state index in [2.05, 4.69) is 22.3 Å². The third-order valence-corrected chi connectivity index (χ3v) is 7.21. The molecule has 2 fully saturated rings. The summed E-state index contributed by atoms with van der Waals surface area (Å²) in [6.45, 7) is 3.05. The number of carbonyl (C=O) groups is 1. The predicted octanol–water partition coefficient (Wildman–Crippen LogP) is 2.66. The van der Waals surface area contributed by atoms with Crippen LogP contribution in [0.15, 0.2) is 53.3 Å². The zero-order valence-corrected chi connectivity index (χ0v) is 19.8. The number of rotatable bonds is 6. The molecule has 2 aromatic carbocycles. The normalized spacial score (nSPS) is 23.1. The fraction of sp³-hybridized carbons (Fsp3) is 0.462. The highest BCUT2D eigenvalue weighted by atomic mass is 16.6. The van der Waals surface area contributed by atoms with Gasteiger partial charge in [-0.2, -0.15) is 0 Å². The molecule has 2 aliphatic heterocycles. The number of hydrogen-bond donors (Lipinski definition) is 1. The minimum Gasteiger partial charge on any atom is -0.372 e. The molecular formula is C26H32N4O4. The van der Waals surface area contributed by atoms with Gasteiger partial charge in [0.15, 0.2) is 0 Å². The first-order chi connectivity index (χ1) is 16.4. The Hall–Kier alpha value is -2.94. The molecule has 2 aliphatic rings. The summed E-state index contributed by atoms with van der Waals surface area (Å²) in [4.78, 5) is 27.2. The number of imidazole rings is 1. The highest BCUT2D eigenvalue weighted by Gasteiger charge is 2.47. The predicted molar refractivity (Wildman–Crippen MR) is 131 cm³/mol. The van der Waals surface area contributed by atoms with Crippen LogP contribution in [0.2, 0.25) is 0 Å². The van der Waals surface area contributed by atoms with Crippen LogP contribution in [-0.4, -0.2) is 57.9 Å². The highest BCUT2D eigenvalue weighted by molar-refractivity contribution is 5.94. The van der Waals surface area contributed by atoms with Gasteiger partial charge in [0, 0.05) is 39.5 Å². The van der Waals surface area contributed by atoms with Crippen molar-refractivity contribution in [2.75, 3.05) is 31.6 Å². The van der Waals surface area contributed by atoms with Crippen LogP contribution in [0.4, 0.5) is 5.69 Å². The Kier molecular flexibility index (Phi) is 6.29. The number of piperidine rings is 1. The van der Waals surface area contributed by atoms with Gasteiger partial charge in [-0.15, -0.1) is 0 Å². The summed E-state index contributed by atoms with van der Waals surface area (Å²) >= 11 is 0. The average Bonchev–Trinajstić information content (AvgIpc) is 3.40. The smallest absolute Gasteiger partial charge is 0.328 e. The summed E-state index contributed by atoms with van der Waals surface area (Å²) in [6, 6.07) is 15.7. The number of nitrogens with zero attached hydrogens (tertiary/aromatic N) is 3. The molecule has 2 saturated heterocycles. The number of hydrogen-bond acceptors (Lipinski definition) is 5. The molecule has 2 atom stereocenters. The van der Waals surface area contributed by atoms with Crippen molar-refractivity contribution in [1.82, 2.24) is 14.0 Å². The topological polar surface area (TPSA) is 77.7 Å². The summed E-state index contributed by atoms with van der Waals surface area (Å²) in [7, 11) is 3.48. The van der Waals surface area contributed by atoms with E-state index < -0.39 is 0 Å². The van der Waals surface area contributed by atoms with E-state index in [1.807, 2.05) is 36.4 Å². The fourth-order valence-corrected chi connectivity index (χ4v) is 5.28. The monoisotopic (exact) mass is 464 g/mol. The first kappa shape index (κ1) is 22.8. The van der Waals surface area contributed by atoms with Crippen molar-refractivity contribution in [3.8, 4) is 0 Å². The Morgan fingerprint density at radius 2 is 1.91 bits per heavy atom. The van der Waals surface area contributed by atoms with Crippen molar-refractivity contribution in [2.45, 2.75) is 37.6 Å². The van der Waals surface area contributed by atoms with E-state index in [4.69, 9.17) is 9.47 Å². The lowest BCUT2D eigenvalue weighted by Crippen LogP contribution is -2.57. The van der Waals surface area contributed by atoms with E-state index >= 15 is 0 Å². The van der Waals surface area contributed by atoms with Crippen molar-refractivity contribution in [2.24, 2.45) is 14.1 Å². The van der Waals surface area contributed by atoms with Crippen LogP contribution in [0.3, 0.4) is 0 Å². The van der Waals surface area contributed by atoms with Gasteiger partial charge in [0.25, 0.3) is 0 Å². The zero-order valence-electron chi connectivity index (χ0n) is 19.8. The third-order valence-electron chi connectivity index (χ3n) is 7.21. The lowest BCUT2D eigenvalue weighted by Gasteiger charge is -2.44. The van der Waals surface area contributed by atoms with Crippen molar-refractivity contribution in [3.05, 3.63) is 64.6 Å². The molecule has 3 aromatic rings. The molecule has 0 aliphatic carbocycles. The number of benzene rings is 2. The van der Waals surface area contributed by atoms with Crippen LogP contribution in [0.5, 0.6) is 0 Å². The van der Waals surface area contributed by atoms with Gasteiger partial charge in [-0.05, 0) is 43.0 Å². The van der Waals surface area contributed by atoms with Gasteiger partial charge in [-0.3, -0.25) is 18.8 Å². The van der Waals surface area contributed by atoms with Gasteiger partial charge >= 0.3 is 5.69 Å².